The number of hydrogen-bond donors (Lipinski definition) is 1. The molecular weight excluding hydrogens is 445 g/mol. The number of carbonyl (C=O) groups excluding carboxylic acids is 2. The lowest BCUT2D eigenvalue weighted by Gasteiger charge is -2.39. The Labute approximate surface area is 196 Å². The van der Waals surface area contributed by atoms with Crippen molar-refractivity contribution in [3.8, 4) is 5.75 Å². The van der Waals surface area contributed by atoms with Gasteiger partial charge in [0.05, 0.1) is 29.4 Å². The summed E-state index contributed by atoms with van der Waals surface area (Å²) in [4.78, 5) is 27.0. The fraction of sp³-hybridized carbons (Fsp3) is 0.385. The number of nitrogens with one attached hydrogen (secondary N) is 1. The molecule has 1 aliphatic heterocycles. The number of carbonyl (C=O) groups is 2. The number of alkyl halides is 3. The average molecular weight is 473 g/mol. The smallest absolute Gasteiger partial charge is 0.471 e. The van der Waals surface area contributed by atoms with Crippen molar-refractivity contribution < 1.29 is 27.5 Å². The summed E-state index contributed by atoms with van der Waals surface area (Å²) in [6.07, 6.45) is -3.17. The number of ketones is 1. The van der Waals surface area contributed by atoms with E-state index in [1.165, 1.54) is 6.07 Å². The second-order valence-corrected chi connectivity index (χ2v) is 9.70. The lowest BCUT2D eigenvalue weighted by atomic mass is 9.72. The fourth-order valence-corrected chi connectivity index (χ4v) is 4.73. The van der Waals surface area contributed by atoms with Crippen molar-refractivity contribution in [3.05, 3.63) is 65.9 Å². The fourth-order valence-electron chi connectivity index (χ4n) is 4.73. The van der Waals surface area contributed by atoms with Crippen molar-refractivity contribution in [2.45, 2.75) is 52.4 Å². The van der Waals surface area contributed by atoms with Gasteiger partial charge in [-0.3, -0.25) is 14.5 Å². The summed E-state index contributed by atoms with van der Waals surface area (Å²) in [5.41, 5.74) is 0.838. The summed E-state index contributed by atoms with van der Waals surface area (Å²) >= 11 is 0. The van der Waals surface area contributed by atoms with Gasteiger partial charge in [-0.05, 0) is 49.1 Å². The molecule has 1 aliphatic carbocycles. The van der Waals surface area contributed by atoms with E-state index in [0.717, 1.165) is 4.90 Å². The van der Waals surface area contributed by atoms with Crippen LogP contribution in [0.15, 0.2) is 60.3 Å². The first-order valence-corrected chi connectivity index (χ1v) is 11.2. The first-order valence-electron chi connectivity index (χ1n) is 11.2. The van der Waals surface area contributed by atoms with Gasteiger partial charge in [0.25, 0.3) is 0 Å². The van der Waals surface area contributed by atoms with E-state index < -0.39 is 29.5 Å². The Morgan fingerprint density at radius 2 is 1.76 bits per heavy atom. The van der Waals surface area contributed by atoms with Gasteiger partial charge in [-0.15, -0.1) is 0 Å². The van der Waals surface area contributed by atoms with E-state index >= 15 is 0 Å². The van der Waals surface area contributed by atoms with Gasteiger partial charge in [0.15, 0.2) is 0 Å². The highest BCUT2D eigenvalue weighted by atomic mass is 19.4. The molecule has 180 valence electrons. The molecule has 0 fully saturated rings. The van der Waals surface area contributed by atoms with Crippen LogP contribution in [0.25, 0.3) is 0 Å². The normalized spacial score (nSPS) is 21.7. The number of hydrogen-bond acceptors (Lipinski definition) is 4. The van der Waals surface area contributed by atoms with Crippen LogP contribution in [0.4, 0.5) is 24.5 Å². The Kier molecular flexibility index (Phi) is 5.96. The Morgan fingerprint density at radius 1 is 1.12 bits per heavy atom. The quantitative estimate of drug-likeness (QED) is 0.592. The molecule has 0 spiro atoms. The number of amides is 1. The maximum Gasteiger partial charge on any atom is 0.471 e. The van der Waals surface area contributed by atoms with E-state index in [1.807, 2.05) is 33.8 Å². The Hall–Kier alpha value is -3.29. The molecule has 8 heteroatoms. The molecule has 2 aliphatic rings. The zero-order valence-electron chi connectivity index (χ0n) is 19.4. The van der Waals surface area contributed by atoms with E-state index in [2.05, 4.69) is 5.32 Å². The van der Waals surface area contributed by atoms with E-state index in [-0.39, 0.29) is 24.0 Å². The lowest BCUT2D eigenvalue weighted by molar-refractivity contribution is -0.171. The molecule has 5 nitrogen and oxygen atoms in total. The predicted octanol–water partition coefficient (Wildman–Crippen LogP) is 6.04. The van der Waals surface area contributed by atoms with Gasteiger partial charge in [-0.2, -0.15) is 13.2 Å². The number of allylic oxidation sites excluding steroid dienone is 1. The van der Waals surface area contributed by atoms with E-state index in [9.17, 15) is 22.8 Å². The van der Waals surface area contributed by atoms with Gasteiger partial charge in [0.2, 0.25) is 0 Å². The van der Waals surface area contributed by atoms with Crippen LogP contribution in [-0.4, -0.2) is 24.0 Å². The average Bonchev–Trinajstić information content (AvgIpc) is 2.86. The van der Waals surface area contributed by atoms with Crippen molar-refractivity contribution in [3.63, 3.8) is 0 Å². The number of para-hydroxylation sites is 2. The van der Waals surface area contributed by atoms with Crippen LogP contribution in [0, 0.1) is 11.3 Å². The molecule has 0 radical (unpaired) electrons. The van der Waals surface area contributed by atoms with Crippen LogP contribution in [0.2, 0.25) is 0 Å². The maximum atomic E-state index is 13.9. The van der Waals surface area contributed by atoms with Crippen LogP contribution in [0.3, 0.4) is 0 Å². The first-order chi connectivity index (χ1) is 15.9. The molecule has 2 aromatic carbocycles. The Morgan fingerprint density at radius 3 is 2.38 bits per heavy atom. The Bertz CT molecular complexity index is 1140. The monoisotopic (exact) mass is 472 g/mol. The van der Waals surface area contributed by atoms with Gasteiger partial charge >= 0.3 is 12.1 Å². The zero-order chi connectivity index (χ0) is 24.8. The second kappa shape index (κ2) is 8.49. The van der Waals surface area contributed by atoms with Gasteiger partial charge in [-0.1, -0.05) is 44.2 Å². The molecule has 2 atom stereocenters. The molecule has 1 N–H and O–H groups in total. The first kappa shape index (κ1) is 23.9. The third-order valence-electron chi connectivity index (χ3n) is 5.95. The van der Waals surface area contributed by atoms with Gasteiger partial charge in [0, 0.05) is 12.1 Å². The van der Waals surface area contributed by atoms with Gasteiger partial charge in [-0.25, -0.2) is 0 Å². The van der Waals surface area contributed by atoms with Crippen LogP contribution in [0.5, 0.6) is 5.75 Å². The summed E-state index contributed by atoms with van der Waals surface area (Å²) in [6.45, 7) is 7.53. The lowest BCUT2D eigenvalue weighted by Crippen LogP contribution is -2.48. The summed E-state index contributed by atoms with van der Waals surface area (Å²) < 4.78 is 47.3. The van der Waals surface area contributed by atoms with Crippen molar-refractivity contribution in [2.75, 3.05) is 10.2 Å². The van der Waals surface area contributed by atoms with Crippen LogP contribution in [-0.2, 0) is 9.59 Å². The molecule has 0 saturated carbocycles. The third-order valence-corrected chi connectivity index (χ3v) is 5.95. The minimum atomic E-state index is -5.13. The van der Waals surface area contributed by atoms with E-state index in [1.54, 1.807) is 42.5 Å². The molecular formula is C26H27F3N2O3. The largest absolute Gasteiger partial charge is 0.491 e. The highest BCUT2D eigenvalue weighted by molar-refractivity contribution is 6.03. The number of anilines is 2. The highest BCUT2D eigenvalue weighted by Gasteiger charge is 2.52. The number of halogens is 3. The van der Waals surface area contributed by atoms with Crippen molar-refractivity contribution in [2.24, 2.45) is 11.3 Å². The molecule has 0 aromatic heterocycles. The molecule has 1 heterocycles. The number of ether oxygens (including phenoxy) is 1. The van der Waals surface area contributed by atoms with E-state index in [0.29, 0.717) is 22.7 Å². The van der Waals surface area contributed by atoms with Crippen molar-refractivity contribution in [1.82, 2.24) is 0 Å². The van der Waals surface area contributed by atoms with Gasteiger partial charge in [0.1, 0.15) is 11.5 Å². The molecule has 2 unspecified atom stereocenters. The topological polar surface area (TPSA) is 58.6 Å². The third kappa shape index (κ3) is 4.54. The number of Topliss-reactive ketones (excluding diaryl/α,β-unsaturated/α-hetero) is 1. The summed E-state index contributed by atoms with van der Waals surface area (Å²) in [5, 5.41) is 3.18. The molecule has 0 bridgehead atoms. The molecule has 34 heavy (non-hydrogen) atoms. The van der Waals surface area contributed by atoms with Crippen LogP contribution in [0.1, 0.15) is 45.7 Å². The summed E-state index contributed by atoms with van der Waals surface area (Å²) in [5.74, 6) is -2.68. The predicted molar refractivity (Wildman–Crippen MR) is 124 cm³/mol. The standard InChI is InChI=1S/C26H27F3N2O3/c1-15(2)34-17-11-9-16(10-12-17)23-22-19(13-25(3,4)14-21(22)32)30-18-7-5-6-8-20(18)31(23)24(33)26(27,28)29/h5-13,15,22-23,30H,14H2,1-4H3. The van der Waals surface area contributed by atoms with Crippen LogP contribution < -0.4 is 15.0 Å². The minimum absolute atomic E-state index is 0.0678. The second-order valence-electron chi connectivity index (χ2n) is 9.70. The number of benzene rings is 2. The molecule has 4 rings (SSSR count). The number of fused-ring (bicyclic) bond motifs is 2. The Balaban J connectivity index is 1.95. The molecule has 2 aromatic rings. The summed E-state index contributed by atoms with van der Waals surface area (Å²) in [6, 6.07) is 11.7. The molecule has 1 amide bonds. The van der Waals surface area contributed by atoms with Crippen molar-refractivity contribution in [1.29, 1.82) is 0 Å². The highest BCUT2D eigenvalue weighted by Crippen LogP contribution is 2.49. The molecule has 0 saturated heterocycles. The van der Waals surface area contributed by atoms with Crippen molar-refractivity contribution >= 4 is 23.1 Å². The van der Waals surface area contributed by atoms with E-state index in [4.69, 9.17) is 4.74 Å². The SMILES string of the molecule is CC(C)Oc1ccc(C2C3C(=O)CC(C)(C)C=C3Nc3ccccc3N2C(=O)C(F)(F)F)cc1. The summed E-state index contributed by atoms with van der Waals surface area (Å²) in [7, 11) is 0. The number of nitrogens with zero attached hydrogens (tertiary/aromatic N) is 1. The van der Waals surface area contributed by atoms with Crippen LogP contribution >= 0.6 is 0 Å². The maximum absolute atomic E-state index is 13.9. The zero-order valence-corrected chi connectivity index (χ0v) is 19.4. The number of rotatable bonds is 3. The van der Waals surface area contributed by atoms with Gasteiger partial charge < -0.3 is 10.1 Å². The minimum Gasteiger partial charge on any atom is -0.491 e.